The predicted molar refractivity (Wildman–Crippen MR) is 55.2 cm³/mol. The highest BCUT2D eigenvalue weighted by molar-refractivity contribution is 5.94. The normalized spacial score (nSPS) is 9.88. The number of carbonyl (C=O) groups excluding carboxylic acids is 1. The van der Waals surface area contributed by atoms with E-state index in [1.807, 2.05) is 0 Å². The Kier molecular flexibility index (Phi) is 3.96. The first kappa shape index (κ1) is 12.1. The van der Waals surface area contributed by atoms with Gasteiger partial charge in [-0.1, -0.05) is 6.07 Å². The standard InChI is InChI=1S/C10H12N2O4/c1-12(5-6-13)9(14)7-3-2-4-8(11-7)10(15)16/h2-4,13H,5-6H2,1H3,(H,15,16). The number of rotatable bonds is 4. The smallest absolute Gasteiger partial charge is 0.354 e. The van der Waals surface area contributed by atoms with Crippen molar-refractivity contribution in [3.63, 3.8) is 0 Å². The molecule has 0 aromatic carbocycles. The number of aliphatic hydroxyl groups is 1. The lowest BCUT2D eigenvalue weighted by atomic mass is 10.3. The first-order valence-electron chi connectivity index (χ1n) is 4.63. The maximum absolute atomic E-state index is 11.7. The maximum atomic E-state index is 11.7. The van der Waals surface area contributed by atoms with Crippen molar-refractivity contribution in [2.24, 2.45) is 0 Å². The number of carbonyl (C=O) groups is 2. The first-order chi connectivity index (χ1) is 7.56. The fourth-order valence-corrected chi connectivity index (χ4v) is 1.12. The molecule has 6 heteroatoms. The van der Waals surface area contributed by atoms with Crippen molar-refractivity contribution in [3.8, 4) is 0 Å². The van der Waals surface area contributed by atoms with Crippen LogP contribution in [0.4, 0.5) is 0 Å². The van der Waals surface area contributed by atoms with Crippen LogP contribution in [0.15, 0.2) is 18.2 Å². The van der Waals surface area contributed by atoms with Gasteiger partial charge in [0.15, 0.2) is 0 Å². The van der Waals surface area contributed by atoms with E-state index >= 15 is 0 Å². The number of nitrogens with zero attached hydrogens (tertiary/aromatic N) is 2. The second-order valence-electron chi connectivity index (χ2n) is 3.16. The Labute approximate surface area is 92.1 Å². The third-order valence-electron chi connectivity index (χ3n) is 1.97. The number of hydrogen-bond acceptors (Lipinski definition) is 4. The van der Waals surface area contributed by atoms with Gasteiger partial charge in [0.05, 0.1) is 6.61 Å². The molecule has 86 valence electrons. The molecule has 0 bridgehead atoms. The highest BCUT2D eigenvalue weighted by atomic mass is 16.4. The molecule has 0 atom stereocenters. The maximum Gasteiger partial charge on any atom is 0.354 e. The molecular weight excluding hydrogens is 212 g/mol. The zero-order chi connectivity index (χ0) is 12.1. The van der Waals surface area contributed by atoms with Gasteiger partial charge in [-0.15, -0.1) is 0 Å². The molecule has 0 saturated carbocycles. The van der Waals surface area contributed by atoms with Crippen LogP contribution in [0, 0.1) is 0 Å². The lowest BCUT2D eigenvalue weighted by molar-refractivity contribution is 0.0689. The van der Waals surface area contributed by atoms with E-state index in [9.17, 15) is 9.59 Å². The van der Waals surface area contributed by atoms with Crippen molar-refractivity contribution in [3.05, 3.63) is 29.6 Å². The van der Waals surface area contributed by atoms with Gasteiger partial charge in [-0.25, -0.2) is 9.78 Å². The topological polar surface area (TPSA) is 90.7 Å². The number of carboxylic acids is 1. The third kappa shape index (κ3) is 2.77. The number of aliphatic hydroxyl groups excluding tert-OH is 1. The molecule has 1 aromatic heterocycles. The molecule has 0 fully saturated rings. The molecule has 1 rings (SSSR count). The molecule has 1 amide bonds. The van der Waals surface area contributed by atoms with Crippen LogP contribution >= 0.6 is 0 Å². The number of carboxylic acid groups (broad SMARTS) is 1. The molecule has 0 aliphatic rings. The number of amides is 1. The average molecular weight is 224 g/mol. The van der Waals surface area contributed by atoms with E-state index in [0.29, 0.717) is 0 Å². The quantitative estimate of drug-likeness (QED) is 0.741. The Morgan fingerprint density at radius 1 is 1.38 bits per heavy atom. The summed E-state index contributed by atoms with van der Waals surface area (Å²) in [6.07, 6.45) is 0. The van der Waals surface area contributed by atoms with Crippen molar-refractivity contribution in [1.29, 1.82) is 0 Å². The van der Waals surface area contributed by atoms with E-state index in [0.717, 1.165) is 0 Å². The minimum absolute atomic E-state index is 0.0517. The Bertz CT molecular complexity index is 406. The summed E-state index contributed by atoms with van der Waals surface area (Å²) < 4.78 is 0. The summed E-state index contributed by atoms with van der Waals surface area (Å²) >= 11 is 0. The van der Waals surface area contributed by atoms with Crippen LogP contribution < -0.4 is 0 Å². The molecule has 0 aliphatic carbocycles. The minimum atomic E-state index is -1.18. The van der Waals surface area contributed by atoms with Crippen molar-refractivity contribution in [1.82, 2.24) is 9.88 Å². The summed E-state index contributed by atoms with van der Waals surface area (Å²) in [5.41, 5.74) is -0.126. The summed E-state index contributed by atoms with van der Waals surface area (Å²) in [6, 6.07) is 4.20. The summed E-state index contributed by atoms with van der Waals surface area (Å²) in [7, 11) is 1.51. The van der Waals surface area contributed by atoms with Gasteiger partial charge in [0.2, 0.25) is 0 Å². The largest absolute Gasteiger partial charge is 0.477 e. The average Bonchev–Trinajstić information content (AvgIpc) is 2.28. The van der Waals surface area contributed by atoms with E-state index in [4.69, 9.17) is 10.2 Å². The van der Waals surface area contributed by atoms with E-state index in [-0.39, 0.29) is 24.5 Å². The predicted octanol–water partition coefficient (Wildman–Crippen LogP) is -0.156. The lowest BCUT2D eigenvalue weighted by Crippen LogP contribution is -2.30. The first-order valence-corrected chi connectivity index (χ1v) is 4.63. The molecule has 6 nitrogen and oxygen atoms in total. The van der Waals surface area contributed by atoms with Gasteiger partial charge >= 0.3 is 5.97 Å². The van der Waals surface area contributed by atoms with Crippen LogP contribution in [0.3, 0.4) is 0 Å². The Hall–Kier alpha value is -1.95. The monoisotopic (exact) mass is 224 g/mol. The van der Waals surface area contributed by atoms with Gasteiger partial charge in [0.25, 0.3) is 5.91 Å². The molecule has 0 unspecified atom stereocenters. The SMILES string of the molecule is CN(CCO)C(=O)c1cccc(C(=O)O)n1. The van der Waals surface area contributed by atoms with Crippen LogP contribution in [-0.2, 0) is 0 Å². The summed E-state index contributed by atoms with van der Waals surface area (Å²) in [6.45, 7) is 0.0265. The zero-order valence-electron chi connectivity index (χ0n) is 8.75. The van der Waals surface area contributed by atoms with Gasteiger partial charge < -0.3 is 15.1 Å². The van der Waals surface area contributed by atoms with Gasteiger partial charge in [0.1, 0.15) is 11.4 Å². The Morgan fingerprint density at radius 2 is 2.00 bits per heavy atom. The van der Waals surface area contributed by atoms with E-state index < -0.39 is 11.9 Å². The van der Waals surface area contributed by atoms with Crippen LogP contribution in [0.25, 0.3) is 0 Å². The van der Waals surface area contributed by atoms with Gasteiger partial charge in [-0.3, -0.25) is 4.79 Å². The summed E-state index contributed by atoms with van der Waals surface area (Å²) in [5.74, 6) is -1.60. The summed E-state index contributed by atoms with van der Waals surface area (Å²) in [4.78, 5) is 27.3. The fourth-order valence-electron chi connectivity index (χ4n) is 1.12. The second-order valence-corrected chi connectivity index (χ2v) is 3.16. The number of hydrogen-bond donors (Lipinski definition) is 2. The van der Waals surface area contributed by atoms with Gasteiger partial charge in [-0.05, 0) is 12.1 Å². The highest BCUT2D eigenvalue weighted by Gasteiger charge is 2.14. The molecule has 0 saturated heterocycles. The van der Waals surface area contributed by atoms with Crippen LogP contribution in [0.2, 0.25) is 0 Å². The molecule has 0 aliphatic heterocycles. The van der Waals surface area contributed by atoms with Crippen LogP contribution in [-0.4, -0.2) is 52.2 Å². The molecule has 1 heterocycles. The molecule has 16 heavy (non-hydrogen) atoms. The van der Waals surface area contributed by atoms with E-state index in [2.05, 4.69) is 4.98 Å². The number of aromatic carboxylic acids is 1. The number of aromatic nitrogens is 1. The second kappa shape index (κ2) is 5.22. The zero-order valence-corrected chi connectivity index (χ0v) is 8.75. The van der Waals surface area contributed by atoms with E-state index in [1.165, 1.54) is 30.1 Å². The van der Waals surface area contributed by atoms with Crippen LogP contribution in [0.5, 0.6) is 0 Å². The summed E-state index contributed by atoms with van der Waals surface area (Å²) in [5, 5.41) is 17.4. The number of pyridine rings is 1. The molecule has 1 aromatic rings. The van der Waals surface area contributed by atoms with Gasteiger partial charge in [0, 0.05) is 13.6 Å². The van der Waals surface area contributed by atoms with Crippen molar-refractivity contribution in [2.45, 2.75) is 0 Å². The van der Waals surface area contributed by atoms with E-state index in [1.54, 1.807) is 0 Å². The fraction of sp³-hybridized carbons (Fsp3) is 0.300. The minimum Gasteiger partial charge on any atom is -0.477 e. The Morgan fingerprint density at radius 3 is 2.56 bits per heavy atom. The molecule has 2 N–H and O–H groups in total. The highest BCUT2D eigenvalue weighted by Crippen LogP contribution is 2.02. The van der Waals surface area contributed by atoms with Crippen molar-refractivity contribution < 1.29 is 19.8 Å². The molecular formula is C10H12N2O4. The Balaban J connectivity index is 2.91. The van der Waals surface area contributed by atoms with Crippen LogP contribution in [0.1, 0.15) is 21.0 Å². The molecule has 0 spiro atoms. The van der Waals surface area contributed by atoms with Gasteiger partial charge in [-0.2, -0.15) is 0 Å². The number of likely N-dealkylation sites (N-methyl/N-ethyl adjacent to an activating group) is 1. The molecule has 0 radical (unpaired) electrons. The van der Waals surface area contributed by atoms with Crippen molar-refractivity contribution in [2.75, 3.05) is 20.2 Å². The lowest BCUT2D eigenvalue weighted by Gasteiger charge is -2.14. The third-order valence-corrected chi connectivity index (χ3v) is 1.97. The van der Waals surface area contributed by atoms with Crippen molar-refractivity contribution >= 4 is 11.9 Å².